The van der Waals surface area contributed by atoms with Crippen molar-refractivity contribution in [3.8, 4) is 0 Å². The molecule has 0 atom stereocenters. The van der Waals surface area contributed by atoms with Crippen LogP contribution in [-0.4, -0.2) is 6.61 Å². The van der Waals surface area contributed by atoms with Crippen molar-refractivity contribution in [1.29, 1.82) is 0 Å². The van der Waals surface area contributed by atoms with E-state index < -0.39 is 0 Å². The molecule has 0 aliphatic rings. The molecule has 1 heterocycles. The van der Waals surface area contributed by atoms with Gasteiger partial charge >= 0.3 is 0 Å². The second-order valence-electron chi connectivity index (χ2n) is 2.15. The Bertz CT molecular complexity index is 191. The summed E-state index contributed by atoms with van der Waals surface area (Å²) in [4.78, 5) is 0. The first-order valence-electron chi connectivity index (χ1n) is 3.46. The van der Waals surface area contributed by atoms with E-state index in [-0.39, 0.29) is 0 Å². The van der Waals surface area contributed by atoms with Gasteiger partial charge in [0.25, 0.3) is 0 Å². The lowest BCUT2D eigenvalue weighted by molar-refractivity contribution is 0.117. The van der Waals surface area contributed by atoms with Crippen molar-refractivity contribution in [2.24, 2.45) is 0 Å². The summed E-state index contributed by atoms with van der Waals surface area (Å²) in [5.74, 6) is 1.84. The number of furan rings is 1. The van der Waals surface area contributed by atoms with Crippen LogP contribution in [0.15, 0.2) is 16.5 Å². The summed E-state index contributed by atoms with van der Waals surface area (Å²) in [5, 5.41) is 0. The molecule has 2 nitrogen and oxygen atoms in total. The summed E-state index contributed by atoms with van der Waals surface area (Å²) in [7, 11) is 0. The molecule has 0 saturated heterocycles. The van der Waals surface area contributed by atoms with Gasteiger partial charge in [-0.2, -0.15) is 0 Å². The Morgan fingerprint density at radius 1 is 1.50 bits per heavy atom. The predicted molar refractivity (Wildman–Crippen MR) is 38.8 cm³/mol. The van der Waals surface area contributed by atoms with Crippen molar-refractivity contribution < 1.29 is 9.15 Å². The highest BCUT2D eigenvalue weighted by Gasteiger charge is 1.95. The molecule has 56 valence electrons. The third-order valence-corrected chi connectivity index (χ3v) is 1.24. The Kier molecular flexibility index (Phi) is 2.51. The van der Waals surface area contributed by atoms with Gasteiger partial charge in [0.2, 0.25) is 0 Å². The molecule has 0 aliphatic carbocycles. The van der Waals surface area contributed by atoms with Gasteiger partial charge in [-0.3, -0.25) is 0 Å². The van der Waals surface area contributed by atoms with Crippen LogP contribution in [0.25, 0.3) is 0 Å². The van der Waals surface area contributed by atoms with Crippen LogP contribution in [0.3, 0.4) is 0 Å². The Morgan fingerprint density at radius 3 is 2.80 bits per heavy atom. The first-order chi connectivity index (χ1) is 4.83. The maximum Gasteiger partial charge on any atom is 0.129 e. The maximum absolute atomic E-state index is 5.26. The Morgan fingerprint density at radius 2 is 2.30 bits per heavy atom. The monoisotopic (exact) mass is 140 g/mol. The van der Waals surface area contributed by atoms with Gasteiger partial charge in [0.15, 0.2) is 0 Å². The average Bonchev–Trinajstić information content (AvgIpc) is 2.31. The van der Waals surface area contributed by atoms with Crippen LogP contribution in [0.5, 0.6) is 0 Å². The molecule has 0 N–H and O–H groups in total. The zero-order chi connectivity index (χ0) is 7.40. The molecule has 1 rings (SSSR count). The lowest BCUT2D eigenvalue weighted by Crippen LogP contribution is -1.88. The predicted octanol–water partition coefficient (Wildman–Crippen LogP) is 2.12. The van der Waals surface area contributed by atoms with E-state index in [9.17, 15) is 0 Å². The zero-order valence-electron chi connectivity index (χ0n) is 6.39. The minimum Gasteiger partial charge on any atom is -0.464 e. The SMILES string of the molecule is CCOCc1ccc(C)o1. The highest BCUT2D eigenvalue weighted by molar-refractivity contribution is 5.04. The Hall–Kier alpha value is -0.760. The van der Waals surface area contributed by atoms with E-state index in [2.05, 4.69) is 0 Å². The first-order valence-corrected chi connectivity index (χ1v) is 3.46. The molecule has 1 aromatic rings. The highest BCUT2D eigenvalue weighted by atomic mass is 16.5. The van der Waals surface area contributed by atoms with E-state index in [0.717, 1.165) is 18.1 Å². The summed E-state index contributed by atoms with van der Waals surface area (Å²) >= 11 is 0. The van der Waals surface area contributed by atoms with Gasteiger partial charge in [0.05, 0.1) is 0 Å². The van der Waals surface area contributed by atoms with Gasteiger partial charge in [-0.25, -0.2) is 0 Å². The Labute approximate surface area is 60.8 Å². The summed E-state index contributed by atoms with van der Waals surface area (Å²) < 4.78 is 10.4. The van der Waals surface area contributed by atoms with Crippen molar-refractivity contribution in [3.63, 3.8) is 0 Å². The molecule has 0 aliphatic heterocycles. The summed E-state index contributed by atoms with van der Waals surface area (Å²) in [6.45, 7) is 5.22. The quantitative estimate of drug-likeness (QED) is 0.641. The smallest absolute Gasteiger partial charge is 0.129 e. The second kappa shape index (κ2) is 3.42. The van der Waals surface area contributed by atoms with Gasteiger partial charge < -0.3 is 9.15 Å². The zero-order valence-corrected chi connectivity index (χ0v) is 6.39. The van der Waals surface area contributed by atoms with Crippen LogP contribution in [0.2, 0.25) is 0 Å². The van der Waals surface area contributed by atoms with E-state index in [0.29, 0.717) is 6.61 Å². The molecule has 0 saturated carbocycles. The fraction of sp³-hybridized carbons (Fsp3) is 0.500. The number of hydrogen-bond acceptors (Lipinski definition) is 2. The largest absolute Gasteiger partial charge is 0.464 e. The maximum atomic E-state index is 5.26. The van der Waals surface area contributed by atoms with Crippen LogP contribution in [0.4, 0.5) is 0 Å². The number of hydrogen-bond donors (Lipinski definition) is 0. The molecular weight excluding hydrogens is 128 g/mol. The van der Waals surface area contributed by atoms with Crippen molar-refractivity contribution in [2.75, 3.05) is 6.61 Å². The molecule has 10 heavy (non-hydrogen) atoms. The molecule has 2 heteroatoms. The van der Waals surface area contributed by atoms with Crippen molar-refractivity contribution >= 4 is 0 Å². The van der Waals surface area contributed by atoms with Crippen LogP contribution in [0.1, 0.15) is 18.4 Å². The molecule has 1 aromatic heterocycles. The summed E-state index contributed by atoms with van der Waals surface area (Å²) in [5.41, 5.74) is 0. The lowest BCUT2D eigenvalue weighted by atomic mass is 10.4. The third-order valence-electron chi connectivity index (χ3n) is 1.24. The van der Waals surface area contributed by atoms with E-state index in [1.807, 2.05) is 26.0 Å². The molecule has 0 radical (unpaired) electrons. The van der Waals surface area contributed by atoms with E-state index in [1.165, 1.54) is 0 Å². The first kappa shape index (κ1) is 7.35. The van der Waals surface area contributed by atoms with Crippen LogP contribution >= 0.6 is 0 Å². The van der Waals surface area contributed by atoms with E-state index in [4.69, 9.17) is 9.15 Å². The minimum atomic E-state index is 0.588. The van der Waals surface area contributed by atoms with Crippen LogP contribution in [0, 0.1) is 6.92 Å². The Balaban J connectivity index is 2.42. The molecule has 0 spiro atoms. The van der Waals surface area contributed by atoms with Crippen LogP contribution in [-0.2, 0) is 11.3 Å². The standard InChI is InChI=1S/C8H12O2/c1-3-9-6-8-5-4-7(2)10-8/h4-5H,3,6H2,1-2H3. The fourth-order valence-corrected chi connectivity index (χ4v) is 0.765. The van der Waals surface area contributed by atoms with Gasteiger partial charge in [0, 0.05) is 6.61 Å². The molecular formula is C8H12O2. The average molecular weight is 140 g/mol. The number of aryl methyl sites for hydroxylation is 1. The second-order valence-corrected chi connectivity index (χ2v) is 2.15. The minimum absolute atomic E-state index is 0.588. The summed E-state index contributed by atoms with van der Waals surface area (Å²) in [6.07, 6.45) is 0. The molecule has 0 unspecified atom stereocenters. The fourth-order valence-electron chi connectivity index (χ4n) is 0.765. The lowest BCUT2D eigenvalue weighted by Gasteiger charge is -1.94. The van der Waals surface area contributed by atoms with E-state index >= 15 is 0 Å². The van der Waals surface area contributed by atoms with Gasteiger partial charge in [-0.15, -0.1) is 0 Å². The van der Waals surface area contributed by atoms with Crippen molar-refractivity contribution in [2.45, 2.75) is 20.5 Å². The molecule has 0 bridgehead atoms. The van der Waals surface area contributed by atoms with Crippen LogP contribution < -0.4 is 0 Å². The molecule has 0 fully saturated rings. The van der Waals surface area contributed by atoms with Crippen molar-refractivity contribution in [3.05, 3.63) is 23.7 Å². The normalized spacial score (nSPS) is 10.2. The summed E-state index contributed by atoms with van der Waals surface area (Å²) in [6, 6.07) is 3.87. The number of ether oxygens (including phenoxy) is 1. The highest BCUT2D eigenvalue weighted by Crippen LogP contribution is 2.06. The molecule has 0 amide bonds. The topological polar surface area (TPSA) is 22.4 Å². The third kappa shape index (κ3) is 1.88. The van der Waals surface area contributed by atoms with Crippen molar-refractivity contribution in [1.82, 2.24) is 0 Å². The van der Waals surface area contributed by atoms with E-state index in [1.54, 1.807) is 0 Å². The molecule has 0 aromatic carbocycles. The van der Waals surface area contributed by atoms with Gasteiger partial charge in [-0.05, 0) is 26.0 Å². The number of rotatable bonds is 3. The van der Waals surface area contributed by atoms with Gasteiger partial charge in [0.1, 0.15) is 18.1 Å². The van der Waals surface area contributed by atoms with Gasteiger partial charge in [-0.1, -0.05) is 0 Å².